The van der Waals surface area contributed by atoms with E-state index < -0.39 is 21.7 Å². The van der Waals surface area contributed by atoms with Crippen LogP contribution in [0.1, 0.15) is 27.7 Å². The molecule has 0 heterocycles. The lowest BCUT2D eigenvalue weighted by Gasteiger charge is -2.23. The van der Waals surface area contributed by atoms with Crippen LogP contribution in [0.4, 0.5) is 4.79 Å². The first-order chi connectivity index (χ1) is 6.10. The summed E-state index contributed by atoms with van der Waals surface area (Å²) in [5.74, 6) is -0.122. The van der Waals surface area contributed by atoms with E-state index in [-0.39, 0.29) is 5.75 Å². The van der Waals surface area contributed by atoms with Crippen LogP contribution in [0.25, 0.3) is 0 Å². The van der Waals surface area contributed by atoms with Crippen LogP contribution in [0.5, 0.6) is 0 Å². The van der Waals surface area contributed by atoms with Crippen LogP contribution in [-0.4, -0.2) is 37.2 Å². The first kappa shape index (κ1) is 13.2. The minimum Gasteiger partial charge on any atom is -0.443 e. The Bertz CT molecular complexity index is 302. The molecular formula is C8H17NO4S. The van der Waals surface area contributed by atoms with Gasteiger partial charge < -0.3 is 4.74 Å². The molecule has 0 bridgehead atoms. The smallest absolute Gasteiger partial charge is 0.423 e. The van der Waals surface area contributed by atoms with Gasteiger partial charge in [0.1, 0.15) is 5.60 Å². The second-order valence-corrected chi connectivity index (χ2v) is 6.14. The van der Waals surface area contributed by atoms with E-state index in [0.717, 1.165) is 0 Å². The average Bonchev–Trinajstić information content (AvgIpc) is 2.00. The van der Waals surface area contributed by atoms with Crippen LogP contribution in [0.3, 0.4) is 0 Å². The number of sulfonamides is 1. The maximum absolute atomic E-state index is 11.3. The zero-order valence-corrected chi connectivity index (χ0v) is 10.0. The molecule has 0 rings (SSSR count). The average molecular weight is 223 g/mol. The SMILES string of the molecule is CCS(=O)(=O)N(C)C(=O)OC(C)(C)C. The van der Waals surface area contributed by atoms with Crippen molar-refractivity contribution in [2.45, 2.75) is 33.3 Å². The third-order valence-corrected chi connectivity index (χ3v) is 3.15. The fraction of sp³-hybridized carbons (Fsp3) is 0.875. The highest BCUT2D eigenvalue weighted by molar-refractivity contribution is 7.89. The molecule has 0 saturated heterocycles. The Morgan fingerprint density at radius 2 is 1.79 bits per heavy atom. The summed E-state index contributed by atoms with van der Waals surface area (Å²) in [6, 6.07) is 0. The predicted molar refractivity (Wildman–Crippen MR) is 53.5 cm³/mol. The lowest BCUT2D eigenvalue weighted by atomic mass is 10.2. The number of carbonyl (C=O) groups excluding carboxylic acids is 1. The molecule has 0 aliphatic rings. The minimum atomic E-state index is -3.51. The van der Waals surface area contributed by atoms with Crippen molar-refractivity contribution in [2.24, 2.45) is 0 Å². The van der Waals surface area contributed by atoms with Gasteiger partial charge in [0.15, 0.2) is 0 Å². The van der Waals surface area contributed by atoms with Gasteiger partial charge in [-0.3, -0.25) is 0 Å². The van der Waals surface area contributed by atoms with E-state index in [1.807, 2.05) is 0 Å². The molecule has 0 saturated carbocycles. The third-order valence-electron chi connectivity index (χ3n) is 1.43. The summed E-state index contributed by atoms with van der Waals surface area (Å²) in [5.41, 5.74) is -0.686. The predicted octanol–water partition coefficient (Wildman–Crippen LogP) is 1.20. The molecule has 0 fully saturated rings. The van der Waals surface area contributed by atoms with Crippen LogP contribution in [0.15, 0.2) is 0 Å². The van der Waals surface area contributed by atoms with Gasteiger partial charge in [-0.15, -0.1) is 0 Å². The first-order valence-electron chi connectivity index (χ1n) is 4.29. The van der Waals surface area contributed by atoms with Gasteiger partial charge in [-0.05, 0) is 27.7 Å². The number of rotatable bonds is 2. The molecule has 0 aromatic carbocycles. The summed E-state index contributed by atoms with van der Waals surface area (Å²) < 4.78 is 28.0. The van der Waals surface area contributed by atoms with Gasteiger partial charge in [0, 0.05) is 7.05 Å². The molecule has 0 radical (unpaired) electrons. The first-order valence-corrected chi connectivity index (χ1v) is 5.90. The molecule has 14 heavy (non-hydrogen) atoms. The molecule has 0 N–H and O–H groups in total. The van der Waals surface area contributed by atoms with Crippen molar-refractivity contribution in [3.63, 3.8) is 0 Å². The molecule has 1 amide bonds. The van der Waals surface area contributed by atoms with Crippen molar-refractivity contribution in [3.05, 3.63) is 0 Å². The summed E-state index contributed by atoms with van der Waals surface area (Å²) in [5, 5.41) is 0. The van der Waals surface area contributed by atoms with E-state index in [9.17, 15) is 13.2 Å². The molecule has 0 aliphatic heterocycles. The molecule has 84 valence electrons. The molecule has 5 nitrogen and oxygen atoms in total. The van der Waals surface area contributed by atoms with Crippen molar-refractivity contribution in [3.8, 4) is 0 Å². The Morgan fingerprint density at radius 3 is 2.07 bits per heavy atom. The Kier molecular flexibility index (Phi) is 3.93. The monoisotopic (exact) mass is 223 g/mol. The minimum absolute atomic E-state index is 0.122. The number of nitrogens with zero attached hydrogens (tertiary/aromatic N) is 1. The maximum Gasteiger partial charge on any atom is 0.423 e. The second kappa shape index (κ2) is 4.16. The Morgan fingerprint density at radius 1 is 1.36 bits per heavy atom. The number of ether oxygens (including phenoxy) is 1. The van der Waals surface area contributed by atoms with Crippen molar-refractivity contribution in [1.82, 2.24) is 4.31 Å². The third kappa shape index (κ3) is 3.95. The highest BCUT2D eigenvalue weighted by atomic mass is 32.2. The fourth-order valence-electron chi connectivity index (χ4n) is 0.633. The quantitative estimate of drug-likeness (QED) is 0.705. The summed E-state index contributed by atoms with van der Waals surface area (Å²) >= 11 is 0. The van der Waals surface area contributed by atoms with Gasteiger partial charge in [-0.25, -0.2) is 17.5 Å². The van der Waals surface area contributed by atoms with Crippen LogP contribution in [0, 0.1) is 0 Å². The van der Waals surface area contributed by atoms with Gasteiger partial charge in [0.25, 0.3) is 0 Å². The van der Waals surface area contributed by atoms with E-state index >= 15 is 0 Å². The van der Waals surface area contributed by atoms with Crippen LogP contribution < -0.4 is 0 Å². The standard InChI is InChI=1S/C8H17NO4S/c1-6-14(11,12)9(5)7(10)13-8(2,3)4/h6H2,1-5H3. The van der Waals surface area contributed by atoms with Crippen LogP contribution >= 0.6 is 0 Å². The largest absolute Gasteiger partial charge is 0.443 e. The second-order valence-electron chi connectivity index (χ2n) is 3.85. The van der Waals surface area contributed by atoms with Crippen LogP contribution in [0.2, 0.25) is 0 Å². The topological polar surface area (TPSA) is 63.7 Å². The Labute approximate surface area is 85.1 Å². The molecule has 0 spiro atoms. The van der Waals surface area contributed by atoms with E-state index in [4.69, 9.17) is 4.74 Å². The van der Waals surface area contributed by atoms with Gasteiger partial charge in [0.2, 0.25) is 10.0 Å². The molecule has 0 aromatic rings. The van der Waals surface area contributed by atoms with Crippen molar-refractivity contribution < 1.29 is 17.9 Å². The zero-order valence-electron chi connectivity index (χ0n) is 9.20. The Hall–Kier alpha value is -0.780. The maximum atomic E-state index is 11.3. The summed E-state index contributed by atoms with van der Waals surface area (Å²) in [7, 11) is -2.32. The Balaban J connectivity index is 4.58. The highest BCUT2D eigenvalue weighted by Gasteiger charge is 2.26. The number of hydrogen-bond donors (Lipinski definition) is 0. The molecule has 6 heteroatoms. The molecule has 0 aliphatic carbocycles. The van der Waals surface area contributed by atoms with Gasteiger partial charge in [0.05, 0.1) is 5.75 Å². The lowest BCUT2D eigenvalue weighted by Crippen LogP contribution is -2.38. The molecule has 0 aromatic heterocycles. The summed E-state index contributed by atoms with van der Waals surface area (Å²) in [6.45, 7) is 6.50. The summed E-state index contributed by atoms with van der Waals surface area (Å²) in [6.07, 6.45) is -0.848. The molecular weight excluding hydrogens is 206 g/mol. The molecule has 0 unspecified atom stereocenters. The van der Waals surface area contributed by atoms with Crippen LogP contribution in [-0.2, 0) is 14.8 Å². The van der Waals surface area contributed by atoms with Crippen molar-refractivity contribution in [1.29, 1.82) is 0 Å². The number of hydrogen-bond acceptors (Lipinski definition) is 4. The summed E-state index contributed by atoms with van der Waals surface area (Å²) in [4.78, 5) is 11.3. The van der Waals surface area contributed by atoms with Crippen molar-refractivity contribution >= 4 is 16.1 Å². The highest BCUT2D eigenvalue weighted by Crippen LogP contribution is 2.11. The van der Waals surface area contributed by atoms with Gasteiger partial charge >= 0.3 is 6.09 Å². The van der Waals surface area contributed by atoms with E-state index in [0.29, 0.717) is 4.31 Å². The lowest BCUT2D eigenvalue weighted by molar-refractivity contribution is 0.0420. The van der Waals surface area contributed by atoms with Gasteiger partial charge in [-0.2, -0.15) is 0 Å². The number of carbonyl (C=O) groups is 1. The fourth-order valence-corrected chi connectivity index (χ4v) is 1.29. The van der Waals surface area contributed by atoms with E-state index in [2.05, 4.69) is 0 Å². The van der Waals surface area contributed by atoms with E-state index in [1.54, 1.807) is 20.8 Å². The number of amides is 1. The normalized spacial score (nSPS) is 12.4. The molecule has 0 atom stereocenters. The van der Waals surface area contributed by atoms with Crippen molar-refractivity contribution in [2.75, 3.05) is 12.8 Å². The van der Waals surface area contributed by atoms with E-state index in [1.165, 1.54) is 14.0 Å². The zero-order chi connectivity index (χ0) is 11.6. The van der Waals surface area contributed by atoms with Gasteiger partial charge in [-0.1, -0.05) is 0 Å².